The van der Waals surface area contributed by atoms with Crippen molar-refractivity contribution in [3.63, 3.8) is 0 Å². The normalized spacial score (nSPS) is 13.8. The molecule has 0 unspecified atom stereocenters. The van der Waals surface area contributed by atoms with Crippen molar-refractivity contribution < 1.29 is 13.6 Å². The van der Waals surface area contributed by atoms with Crippen LogP contribution in [0.2, 0.25) is 0 Å². The molecule has 2 aromatic rings. The number of hydrogen-bond acceptors (Lipinski definition) is 2. The van der Waals surface area contributed by atoms with E-state index >= 15 is 0 Å². The van der Waals surface area contributed by atoms with Gasteiger partial charge in [-0.2, -0.15) is 0 Å². The van der Waals surface area contributed by atoms with Crippen molar-refractivity contribution in [2.45, 2.75) is 105 Å². The molecule has 204 valence electrons. The van der Waals surface area contributed by atoms with Crippen LogP contribution >= 0.6 is 0 Å². The Balaban J connectivity index is 0.000000783. The van der Waals surface area contributed by atoms with E-state index in [0.717, 1.165) is 25.6 Å². The molecule has 3 rings (SSSR count). The van der Waals surface area contributed by atoms with Gasteiger partial charge in [0.1, 0.15) is 11.6 Å². The first kappa shape index (κ1) is 33.7. The second-order valence-electron chi connectivity index (χ2n) is 9.13. The van der Waals surface area contributed by atoms with E-state index in [4.69, 9.17) is 0 Å². The number of aryl methyl sites for hydroxylation is 1. The lowest BCUT2D eigenvalue weighted by molar-refractivity contribution is -0.118. The molecule has 1 amide bonds. The summed E-state index contributed by atoms with van der Waals surface area (Å²) in [5.41, 5.74) is 3.60. The van der Waals surface area contributed by atoms with E-state index < -0.39 is 11.6 Å². The van der Waals surface area contributed by atoms with Crippen LogP contribution in [0.4, 0.5) is 8.78 Å². The maximum Gasteiger partial charge on any atom is 0.216 e. The second-order valence-corrected chi connectivity index (χ2v) is 9.13. The van der Waals surface area contributed by atoms with Crippen molar-refractivity contribution in [2.24, 2.45) is 0 Å². The molecule has 0 aliphatic heterocycles. The summed E-state index contributed by atoms with van der Waals surface area (Å²) in [6, 6.07) is 12.6. The zero-order valence-electron chi connectivity index (χ0n) is 23.9. The molecule has 0 heterocycles. The fraction of sp³-hybridized carbons (Fsp3) is 0.581. The van der Waals surface area contributed by atoms with E-state index in [2.05, 4.69) is 48.7 Å². The van der Waals surface area contributed by atoms with Gasteiger partial charge < -0.3 is 10.6 Å². The molecule has 1 aliphatic carbocycles. The van der Waals surface area contributed by atoms with Crippen LogP contribution in [0.5, 0.6) is 0 Å². The maximum atomic E-state index is 12.2. The van der Waals surface area contributed by atoms with E-state index in [9.17, 15) is 13.6 Å². The predicted molar refractivity (Wildman–Crippen MR) is 150 cm³/mol. The minimum atomic E-state index is -0.521. The molecule has 3 nitrogen and oxygen atoms in total. The zero-order chi connectivity index (χ0) is 27.6. The first-order chi connectivity index (χ1) is 17.2. The first-order valence-corrected chi connectivity index (χ1v) is 13.7. The summed E-state index contributed by atoms with van der Waals surface area (Å²) in [4.78, 5) is 11.0. The molecular weight excluding hydrogens is 454 g/mol. The SMILES string of the molecule is CC.CC.CC(=O)NCCCNC1(c2cccc(C(C)C)c2)CCCCC1.Cc1cc(F)cc(F)c1. The number of benzene rings is 2. The largest absolute Gasteiger partial charge is 0.356 e. The van der Waals surface area contributed by atoms with Crippen LogP contribution in [0.3, 0.4) is 0 Å². The second kappa shape index (κ2) is 18.9. The Hall–Kier alpha value is -2.27. The number of rotatable bonds is 7. The van der Waals surface area contributed by atoms with Crippen LogP contribution < -0.4 is 10.6 Å². The number of carbonyl (C=O) groups is 1. The molecule has 2 aromatic carbocycles. The quantitative estimate of drug-likeness (QED) is 0.372. The van der Waals surface area contributed by atoms with Crippen LogP contribution in [-0.2, 0) is 10.3 Å². The topological polar surface area (TPSA) is 41.1 Å². The Morgan fingerprint density at radius 2 is 1.50 bits per heavy atom. The van der Waals surface area contributed by atoms with Crippen molar-refractivity contribution in [2.75, 3.05) is 13.1 Å². The van der Waals surface area contributed by atoms with Gasteiger partial charge in [0.05, 0.1) is 0 Å². The molecular formula is C31H50F2N2O. The van der Waals surface area contributed by atoms with Crippen LogP contribution in [0, 0.1) is 18.6 Å². The highest BCUT2D eigenvalue weighted by Crippen LogP contribution is 2.38. The highest BCUT2D eigenvalue weighted by Gasteiger charge is 2.33. The molecule has 5 heteroatoms. The van der Waals surface area contributed by atoms with Crippen LogP contribution in [0.1, 0.15) is 110 Å². The Morgan fingerprint density at radius 3 is 2.00 bits per heavy atom. The molecule has 0 radical (unpaired) electrons. The van der Waals surface area contributed by atoms with E-state index in [0.29, 0.717) is 11.5 Å². The van der Waals surface area contributed by atoms with Gasteiger partial charge >= 0.3 is 0 Å². The lowest BCUT2D eigenvalue weighted by Crippen LogP contribution is -2.45. The lowest BCUT2D eigenvalue weighted by Gasteiger charge is -2.39. The molecule has 0 aromatic heterocycles. The van der Waals surface area contributed by atoms with Crippen molar-refractivity contribution in [3.05, 3.63) is 70.8 Å². The third-order valence-corrected chi connectivity index (χ3v) is 6.01. The van der Waals surface area contributed by atoms with E-state index in [1.54, 1.807) is 13.8 Å². The van der Waals surface area contributed by atoms with Gasteiger partial charge in [0.2, 0.25) is 5.91 Å². The van der Waals surface area contributed by atoms with Gasteiger partial charge in [0.15, 0.2) is 0 Å². The molecule has 1 saturated carbocycles. The Bertz CT molecular complexity index is 811. The maximum absolute atomic E-state index is 12.2. The van der Waals surface area contributed by atoms with Crippen molar-refractivity contribution in [1.82, 2.24) is 10.6 Å². The van der Waals surface area contributed by atoms with E-state index in [-0.39, 0.29) is 11.4 Å². The van der Waals surface area contributed by atoms with Crippen LogP contribution in [0.15, 0.2) is 42.5 Å². The highest BCUT2D eigenvalue weighted by molar-refractivity contribution is 5.72. The summed E-state index contributed by atoms with van der Waals surface area (Å²) < 4.78 is 24.4. The first-order valence-electron chi connectivity index (χ1n) is 13.7. The predicted octanol–water partition coefficient (Wildman–Crippen LogP) is 8.41. The van der Waals surface area contributed by atoms with E-state index in [1.165, 1.54) is 55.4 Å². The molecule has 1 aliphatic rings. The number of halogens is 2. The minimum absolute atomic E-state index is 0.0574. The van der Waals surface area contributed by atoms with E-state index in [1.807, 2.05) is 27.7 Å². The Labute approximate surface area is 219 Å². The third kappa shape index (κ3) is 12.6. The summed E-state index contributed by atoms with van der Waals surface area (Å²) >= 11 is 0. The fourth-order valence-electron chi connectivity index (χ4n) is 4.29. The Morgan fingerprint density at radius 1 is 0.917 bits per heavy atom. The van der Waals surface area contributed by atoms with Gasteiger partial charge in [0.25, 0.3) is 0 Å². The molecule has 2 N–H and O–H groups in total. The smallest absolute Gasteiger partial charge is 0.216 e. The van der Waals surface area contributed by atoms with Gasteiger partial charge in [-0.05, 0) is 67.5 Å². The third-order valence-electron chi connectivity index (χ3n) is 6.01. The van der Waals surface area contributed by atoms with Crippen molar-refractivity contribution in [3.8, 4) is 0 Å². The monoisotopic (exact) mass is 504 g/mol. The summed E-state index contributed by atoms with van der Waals surface area (Å²) in [6.07, 6.45) is 7.35. The summed E-state index contributed by atoms with van der Waals surface area (Å²) in [6.45, 7) is 17.4. The molecule has 0 spiro atoms. The molecule has 1 fully saturated rings. The van der Waals surface area contributed by atoms with Gasteiger partial charge in [0, 0.05) is 25.1 Å². The summed E-state index contributed by atoms with van der Waals surface area (Å²) in [5, 5.41) is 6.72. The fourth-order valence-corrected chi connectivity index (χ4v) is 4.29. The standard InChI is InChI=1S/C20H32N2O.C7H6F2.2C2H6/c1-16(2)18-9-7-10-19(15-18)20(11-5-4-6-12-20)22-14-8-13-21-17(3)23;1-5-2-6(8)4-7(9)3-5;2*1-2/h7,9-10,15-16,22H,4-6,8,11-14H2,1-3H3,(H,21,23);2-4H,1H3;2*1-2H3. The molecule has 0 atom stereocenters. The average molecular weight is 505 g/mol. The average Bonchev–Trinajstić information content (AvgIpc) is 2.86. The molecule has 36 heavy (non-hydrogen) atoms. The minimum Gasteiger partial charge on any atom is -0.356 e. The highest BCUT2D eigenvalue weighted by atomic mass is 19.1. The van der Waals surface area contributed by atoms with Crippen molar-refractivity contribution >= 4 is 5.91 Å². The number of amides is 1. The Kier molecular flexibility index (Phi) is 17.7. The zero-order valence-corrected chi connectivity index (χ0v) is 23.9. The van der Waals surface area contributed by atoms with Crippen LogP contribution in [-0.4, -0.2) is 19.0 Å². The molecule has 0 bridgehead atoms. The van der Waals surface area contributed by atoms with Gasteiger partial charge in [-0.25, -0.2) is 8.78 Å². The van der Waals surface area contributed by atoms with Crippen molar-refractivity contribution in [1.29, 1.82) is 0 Å². The summed E-state index contributed by atoms with van der Waals surface area (Å²) in [5.74, 6) is -0.419. The number of carbonyl (C=O) groups excluding carboxylic acids is 1. The lowest BCUT2D eigenvalue weighted by atomic mass is 9.75. The summed E-state index contributed by atoms with van der Waals surface area (Å²) in [7, 11) is 0. The van der Waals surface area contributed by atoms with Crippen LogP contribution in [0.25, 0.3) is 0 Å². The molecule has 0 saturated heterocycles. The number of nitrogens with one attached hydrogen (secondary N) is 2. The number of hydrogen-bond donors (Lipinski definition) is 2. The van der Waals surface area contributed by atoms with Gasteiger partial charge in [-0.1, -0.05) is 85.1 Å². The van der Waals surface area contributed by atoms with Gasteiger partial charge in [-0.15, -0.1) is 0 Å². The van der Waals surface area contributed by atoms with Gasteiger partial charge in [-0.3, -0.25) is 4.79 Å².